The molecule has 3 heteroatoms. The van der Waals surface area contributed by atoms with Crippen molar-refractivity contribution >= 4 is 5.91 Å². The summed E-state index contributed by atoms with van der Waals surface area (Å²) in [5.74, 6) is 0.160. The van der Waals surface area contributed by atoms with Crippen molar-refractivity contribution in [2.75, 3.05) is 0 Å². The number of rotatable bonds is 3. The van der Waals surface area contributed by atoms with Gasteiger partial charge in [0.1, 0.15) is 0 Å². The van der Waals surface area contributed by atoms with Gasteiger partial charge in [-0.25, -0.2) is 0 Å². The summed E-state index contributed by atoms with van der Waals surface area (Å²) >= 11 is 0. The number of aryl methyl sites for hydroxylation is 2. The van der Waals surface area contributed by atoms with Crippen LogP contribution in [0, 0.1) is 13.8 Å². The summed E-state index contributed by atoms with van der Waals surface area (Å²) in [6, 6.07) is 7.79. The Morgan fingerprint density at radius 2 is 2.21 bits per heavy atom. The smallest absolute Gasteiger partial charge is 0.224 e. The third-order valence-corrected chi connectivity index (χ3v) is 4.50. The van der Waals surface area contributed by atoms with Crippen LogP contribution in [0.2, 0.25) is 0 Å². The van der Waals surface area contributed by atoms with Crippen molar-refractivity contribution in [2.24, 2.45) is 0 Å². The van der Waals surface area contributed by atoms with Gasteiger partial charge in [0.25, 0.3) is 0 Å². The molecular weight excluding hydrogens is 236 g/mol. The summed E-state index contributed by atoms with van der Waals surface area (Å²) in [6.45, 7) is 4.14. The highest BCUT2D eigenvalue weighted by Crippen LogP contribution is 2.28. The Balaban J connectivity index is 1.61. The van der Waals surface area contributed by atoms with E-state index < -0.39 is 0 Å². The number of carbonyl (C=O) groups excluding carboxylic acids is 1. The van der Waals surface area contributed by atoms with E-state index in [9.17, 15) is 4.79 Å². The Bertz CT molecular complexity index is 498. The average molecular weight is 258 g/mol. The molecule has 1 amide bonds. The van der Waals surface area contributed by atoms with Crippen LogP contribution in [-0.4, -0.2) is 24.0 Å². The van der Waals surface area contributed by atoms with E-state index in [1.165, 1.54) is 24.0 Å². The predicted molar refractivity (Wildman–Crippen MR) is 76.1 cm³/mol. The lowest BCUT2D eigenvalue weighted by molar-refractivity contribution is -0.121. The number of nitrogens with one attached hydrogen (secondary N) is 2. The molecule has 2 N–H and O–H groups in total. The van der Waals surface area contributed by atoms with Gasteiger partial charge in [0.2, 0.25) is 5.91 Å². The summed E-state index contributed by atoms with van der Waals surface area (Å²) in [7, 11) is 0. The molecule has 1 aromatic carbocycles. The van der Waals surface area contributed by atoms with E-state index in [1.54, 1.807) is 0 Å². The van der Waals surface area contributed by atoms with Crippen LogP contribution >= 0.6 is 0 Å². The molecule has 0 spiro atoms. The van der Waals surface area contributed by atoms with E-state index in [4.69, 9.17) is 0 Å². The van der Waals surface area contributed by atoms with Crippen LogP contribution in [-0.2, 0) is 11.2 Å². The van der Waals surface area contributed by atoms with E-state index in [-0.39, 0.29) is 5.91 Å². The minimum absolute atomic E-state index is 0.160. The Hall–Kier alpha value is -1.35. The summed E-state index contributed by atoms with van der Waals surface area (Å²) in [6.07, 6.45) is 4.08. The third-order valence-electron chi connectivity index (χ3n) is 4.50. The van der Waals surface area contributed by atoms with E-state index in [0.717, 1.165) is 12.0 Å². The second-order valence-electron chi connectivity index (χ2n) is 6.06. The van der Waals surface area contributed by atoms with Gasteiger partial charge in [-0.15, -0.1) is 0 Å². The maximum Gasteiger partial charge on any atom is 0.224 e. The van der Waals surface area contributed by atoms with Gasteiger partial charge in [-0.1, -0.05) is 23.8 Å². The van der Waals surface area contributed by atoms with Crippen molar-refractivity contribution in [3.05, 3.63) is 34.9 Å². The van der Waals surface area contributed by atoms with E-state index in [2.05, 4.69) is 42.7 Å². The fourth-order valence-corrected chi connectivity index (χ4v) is 3.41. The normalized spacial score (nSPS) is 28.6. The molecule has 2 saturated heterocycles. The van der Waals surface area contributed by atoms with Crippen LogP contribution in [0.15, 0.2) is 18.2 Å². The van der Waals surface area contributed by atoms with Gasteiger partial charge in [0, 0.05) is 18.1 Å². The number of benzene rings is 1. The highest BCUT2D eigenvalue weighted by atomic mass is 16.1. The van der Waals surface area contributed by atoms with Crippen LogP contribution in [0.25, 0.3) is 0 Å². The average Bonchev–Trinajstić information content (AvgIpc) is 2.96. The van der Waals surface area contributed by atoms with Gasteiger partial charge >= 0.3 is 0 Å². The lowest BCUT2D eigenvalue weighted by atomic mass is 9.95. The fraction of sp³-hybridized carbons (Fsp3) is 0.562. The van der Waals surface area contributed by atoms with Crippen LogP contribution in [0.4, 0.5) is 0 Å². The molecule has 3 rings (SSSR count). The van der Waals surface area contributed by atoms with Crippen LogP contribution in [0.1, 0.15) is 36.0 Å². The zero-order chi connectivity index (χ0) is 13.4. The summed E-state index contributed by atoms with van der Waals surface area (Å²) < 4.78 is 0. The van der Waals surface area contributed by atoms with Crippen molar-refractivity contribution in [1.82, 2.24) is 10.6 Å². The van der Waals surface area contributed by atoms with Gasteiger partial charge in [-0.05, 0) is 44.2 Å². The Morgan fingerprint density at radius 3 is 2.89 bits per heavy atom. The van der Waals surface area contributed by atoms with Gasteiger partial charge < -0.3 is 10.6 Å². The van der Waals surface area contributed by atoms with Crippen molar-refractivity contribution in [3.63, 3.8) is 0 Å². The molecule has 2 bridgehead atoms. The first-order chi connectivity index (χ1) is 9.11. The Labute approximate surface area is 114 Å². The van der Waals surface area contributed by atoms with Crippen LogP contribution < -0.4 is 10.6 Å². The number of carbonyl (C=O) groups is 1. The zero-order valence-electron chi connectivity index (χ0n) is 11.7. The lowest BCUT2D eigenvalue weighted by Crippen LogP contribution is -2.43. The van der Waals surface area contributed by atoms with Crippen molar-refractivity contribution in [2.45, 2.75) is 57.7 Å². The minimum Gasteiger partial charge on any atom is -0.351 e. The maximum absolute atomic E-state index is 12.2. The second-order valence-corrected chi connectivity index (χ2v) is 6.06. The molecule has 2 heterocycles. The third kappa shape index (κ3) is 2.66. The summed E-state index contributed by atoms with van der Waals surface area (Å²) in [5, 5.41) is 6.76. The maximum atomic E-state index is 12.2. The molecule has 0 unspecified atom stereocenters. The number of hydrogen-bond acceptors (Lipinski definition) is 2. The zero-order valence-corrected chi connectivity index (χ0v) is 11.7. The predicted octanol–water partition coefficient (Wildman–Crippen LogP) is 1.86. The SMILES string of the molecule is Cc1ccc(C)c(CC(=O)N[C@H]2C[C@H]3CC[C@@H]2N3)c1. The number of amides is 1. The van der Waals surface area contributed by atoms with Crippen molar-refractivity contribution in [3.8, 4) is 0 Å². The Kier molecular flexibility index (Phi) is 3.31. The number of hydrogen-bond donors (Lipinski definition) is 2. The van der Waals surface area contributed by atoms with Gasteiger partial charge in [-0.3, -0.25) is 4.79 Å². The quantitative estimate of drug-likeness (QED) is 0.869. The molecule has 102 valence electrons. The molecule has 0 aromatic heterocycles. The van der Waals surface area contributed by atoms with Gasteiger partial charge in [0.05, 0.1) is 6.42 Å². The van der Waals surface area contributed by atoms with Crippen LogP contribution in [0.3, 0.4) is 0 Å². The molecule has 2 aliphatic heterocycles. The topological polar surface area (TPSA) is 41.1 Å². The monoisotopic (exact) mass is 258 g/mol. The first kappa shape index (κ1) is 12.7. The van der Waals surface area contributed by atoms with Crippen molar-refractivity contribution in [1.29, 1.82) is 0 Å². The highest BCUT2D eigenvalue weighted by Gasteiger charge is 2.39. The van der Waals surface area contributed by atoms with Gasteiger partial charge in [0.15, 0.2) is 0 Å². The first-order valence-corrected chi connectivity index (χ1v) is 7.23. The van der Waals surface area contributed by atoms with E-state index in [1.807, 2.05) is 0 Å². The molecule has 3 nitrogen and oxygen atoms in total. The Morgan fingerprint density at radius 1 is 1.37 bits per heavy atom. The molecular formula is C16H22N2O. The van der Waals surface area contributed by atoms with Crippen molar-refractivity contribution < 1.29 is 4.79 Å². The summed E-state index contributed by atoms with van der Waals surface area (Å²) in [4.78, 5) is 12.2. The summed E-state index contributed by atoms with van der Waals surface area (Å²) in [5.41, 5.74) is 3.57. The minimum atomic E-state index is 0.160. The fourth-order valence-electron chi connectivity index (χ4n) is 3.41. The van der Waals surface area contributed by atoms with E-state index in [0.29, 0.717) is 24.5 Å². The highest BCUT2D eigenvalue weighted by molar-refractivity contribution is 5.79. The van der Waals surface area contributed by atoms with E-state index >= 15 is 0 Å². The molecule has 1 aromatic rings. The van der Waals surface area contributed by atoms with Gasteiger partial charge in [-0.2, -0.15) is 0 Å². The molecule has 2 aliphatic rings. The van der Waals surface area contributed by atoms with Crippen LogP contribution in [0.5, 0.6) is 0 Å². The second kappa shape index (κ2) is 4.97. The number of fused-ring (bicyclic) bond motifs is 2. The largest absolute Gasteiger partial charge is 0.351 e. The molecule has 0 radical (unpaired) electrons. The molecule has 0 aliphatic carbocycles. The molecule has 3 atom stereocenters. The molecule has 19 heavy (non-hydrogen) atoms. The standard InChI is InChI=1S/C16H22N2O/c1-10-3-4-11(2)12(7-10)8-16(19)18-15-9-13-5-6-14(15)17-13/h3-4,7,13-15,17H,5-6,8-9H2,1-2H3,(H,18,19)/t13-,14+,15+/m1/s1. The first-order valence-electron chi connectivity index (χ1n) is 7.23. The molecule has 2 fully saturated rings. The lowest BCUT2D eigenvalue weighted by Gasteiger charge is -2.21. The molecule has 0 saturated carbocycles.